The molecule has 3 rings (SSSR count). The molecule has 1 aromatic rings. The molecule has 2 atom stereocenters. The molecule has 23 heavy (non-hydrogen) atoms. The van der Waals surface area contributed by atoms with Gasteiger partial charge in [-0.1, -0.05) is 0 Å². The Balaban J connectivity index is 1.68. The van der Waals surface area contributed by atoms with Gasteiger partial charge < -0.3 is 5.32 Å². The highest BCUT2D eigenvalue weighted by Gasteiger charge is 2.36. The summed E-state index contributed by atoms with van der Waals surface area (Å²) in [6.07, 6.45) is 2.31. The molecule has 1 saturated carbocycles. The highest BCUT2D eigenvalue weighted by atomic mass is 32.2. The largest absolute Gasteiger partial charge is 0.349 e. The summed E-state index contributed by atoms with van der Waals surface area (Å²) < 4.78 is 50.3. The van der Waals surface area contributed by atoms with Crippen LogP contribution in [0.1, 0.15) is 37.3 Å². The van der Waals surface area contributed by atoms with Gasteiger partial charge in [-0.15, -0.1) is 0 Å². The Morgan fingerprint density at radius 2 is 2.00 bits per heavy atom. The van der Waals surface area contributed by atoms with Crippen molar-refractivity contribution in [2.45, 2.75) is 31.7 Å². The lowest BCUT2D eigenvalue weighted by atomic mass is 9.99. The van der Waals surface area contributed by atoms with Crippen LogP contribution in [0.25, 0.3) is 0 Å². The van der Waals surface area contributed by atoms with Gasteiger partial charge in [-0.2, -0.15) is 0 Å². The van der Waals surface area contributed by atoms with Crippen LogP contribution in [-0.2, 0) is 14.6 Å². The number of carbonyl (C=O) groups is 1. The van der Waals surface area contributed by atoms with Gasteiger partial charge in [0.25, 0.3) is 0 Å². The number of amides is 1. The number of hydrogen-bond acceptors (Lipinski definition) is 3. The molecule has 1 amide bonds. The monoisotopic (exact) mass is 343 g/mol. The van der Waals surface area contributed by atoms with Gasteiger partial charge in [0, 0.05) is 12.0 Å². The molecule has 4 nitrogen and oxygen atoms in total. The second-order valence-electron chi connectivity index (χ2n) is 6.52. The smallest absolute Gasteiger partial charge is 0.220 e. The van der Waals surface area contributed by atoms with Crippen molar-refractivity contribution >= 4 is 15.7 Å². The Labute approximate surface area is 134 Å². The highest BCUT2D eigenvalue weighted by molar-refractivity contribution is 7.91. The molecule has 0 unspecified atom stereocenters. The van der Waals surface area contributed by atoms with E-state index >= 15 is 0 Å². The van der Waals surface area contributed by atoms with Crippen molar-refractivity contribution in [2.24, 2.45) is 11.8 Å². The number of hydrogen-bond donors (Lipinski definition) is 1. The average Bonchev–Trinajstić information content (AvgIpc) is 3.24. The molecular weight excluding hydrogens is 324 g/mol. The highest BCUT2D eigenvalue weighted by Crippen LogP contribution is 2.42. The normalized spacial score (nSPS) is 24.3. The number of rotatable bonds is 5. The van der Waals surface area contributed by atoms with E-state index in [1.165, 1.54) is 0 Å². The predicted octanol–water partition coefficient (Wildman–Crippen LogP) is 2.36. The van der Waals surface area contributed by atoms with E-state index in [9.17, 15) is 22.0 Å². The van der Waals surface area contributed by atoms with E-state index in [0.29, 0.717) is 6.42 Å². The Kier molecular flexibility index (Phi) is 4.40. The fourth-order valence-electron chi connectivity index (χ4n) is 3.16. The first-order valence-corrected chi connectivity index (χ1v) is 9.61. The standard InChI is InChI=1S/C16H19F2NO3S/c17-12-3-4-14(18)13(8-12)16(11-1-2-11)19-15(20)7-10-5-6-23(21,22)9-10/h3-4,8,10-11,16H,1-2,5-7,9H2,(H,19,20)/t10-,16-/m0/s1. The quantitative estimate of drug-likeness (QED) is 0.893. The molecule has 126 valence electrons. The molecule has 0 aromatic heterocycles. The lowest BCUT2D eigenvalue weighted by Crippen LogP contribution is -2.32. The van der Waals surface area contributed by atoms with Crippen molar-refractivity contribution in [3.8, 4) is 0 Å². The van der Waals surface area contributed by atoms with Gasteiger partial charge in [-0.05, 0) is 49.3 Å². The van der Waals surface area contributed by atoms with E-state index in [2.05, 4.69) is 5.32 Å². The maximum Gasteiger partial charge on any atom is 0.220 e. The third-order valence-corrected chi connectivity index (χ3v) is 6.34. The molecular formula is C16H19F2NO3S. The van der Waals surface area contributed by atoms with Gasteiger partial charge in [0.15, 0.2) is 9.84 Å². The van der Waals surface area contributed by atoms with E-state index < -0.39 is 27.5 Å². The maximum absolute atomic E-state index is 14.0. The molecule has 2 aliphatic rings. The summed E-state index contributed by atoms with van der Waals surface area (Å²) in [5, 5.41) is 2.78. The molecule has 1 heterocycles. The summed E-state index contributed by atoms with van der Waals surface area (Å²) in [4.78, 5) is 12.2. The van der Waals surface area contributed by atoms with Gasteiger partial charge in [0.05, 0.1) is 17.5 Å². The van der Waals surface area contributed by atoms with E-state index in [-0.39, 0.29) is 41.2 Å². The zero-order chi connectivity index (χ0) is 16.6. The van der Waals surface area contributed by atoms with Crippen LogP contribution in [0.15, 0.2) is 18.2 Å². The van der Waals surface area contributed by atoms with Crippen molar-refractivity contribution < 1.29 is 22.0 Å². The van der Waals surface area contributed by atoms with Gasteiger partial charge in [-0.25, -0.2) is 17.2 Å². The minimum Gasteiger partial charge on any atom is -0.349 e. The first kappa shape index (κ1) is 16.4. The van der Waals surface area contributed by atoms with E-state index in [1.807, 2.05) is 0 Å². The van der Waals surface area contributed by atoms with Gasteiger partial charge in [-0.3, -0.25) is 4.79 Å². The minimum absolute atomic E-state index is 0.0306. The van der Waals surface area contributed by atoms with Crippen LogP contribution in [-0.4, -0.2) is 25.8 Å². The molecule has 2 fully saturated rings. The van der Waals surface area contributed by atoms with E-state index in [1.54, 1.807) is 0 Å². The van der Waals surface area contributed by atoms with Gasteiger partial charge in [0.1, 0.15) is 11.6 Å². The molecule has 0 bridgehead atoms. The fraction of sp³-hybridized carbons (Fsp3) is 0.562. The summed E-state index contributed by atoms with van der Waals surface area (Å²) in [5.74, 6) is -1.29. The summed E-state index contributed by atoms with van der Waals surface area (Å²) in [6, 6.07) is 2.69. The third kappa shape index (κ3) is 4.07. The summed E-state index contributed by atoms with van der Waals surface area (Å²) >= 11 is 0. The molecule has 1 aliphatic carbocycles. The molecule has 1 aliphatic heterocycles. The molecule has 1 saturated heterocycles. The SMILES string of the molecule is O=C(C[C@@H]1CCS(=O)(=O)C1)N[C@H](c1cc(F)ccc1F)C1CC1. The van der Waals surface area contributed by atoms with E-state index in [0.717, 1.165) is 31.0 Å². The van der Waals surface area contributed by atoms with Gasteiger partial charge in [0.2, 0.25) is 5.91 Å². The van der Waals surface area contributed by atoms with Crippen LogP contribution < -0.4 is 5.32 Å². The van der Waals surface area contributed by atoms with Crippen LogP contribution in [0.3, 0.4) is 0 Å². The zero-order valence-corrected chi connectivity index (χ0v) is 13.4. The molecule has 0 spiro atoms. The molecule has 7 heteroatoms. The van der Waals surface area contributed by atoms with Gasteiger partial charge >= 0.3 is 0 Å². The second-order valence-corrected chi connectivity index (χ2v) is 8.75. The fourth-order valence-corrected chi connectivity index (χ4v) is 5.02. The maximum atomic E-state index is 14.0. The Morgan fingerprint density at radius 3 is 2.61 bits per heavy atom. The topological polar surface area (TPSA) is 63.2 Å². The molecule has 1 N–H and O–H groups in total. The number of carbonyl (C=O) groups excluding carboxylic acids is 1. The Hall–Kier alpha value is -1.50. The number of sulfone groups is 1. The van der Waals surface area contributed by atoms with E-state index in [4.69, 9.17) is 0 Å². The summed E-state index contributed by atoms with van der Waals surface area (Å²) in [6.45, 7) is 0. The minimum atomic E-state index is -3.03. The third-order valence-electron chi connectivity index (χ3n) is 4.50. The predicted molar refractivity (Wildman–Crippen MR) is 81.3 cm³/mol. The zero-order valence-electron chi connectivity index (χ0n) is 12.6. The molecule has 1 aromatic carbocycles. The van der Waals surface area contributed by atoms with Crippen molar-refractivity contribution in [1.82, 2.24) is 5.32 Å². The van der Waals surface area contributed by atoms with Crippen molar-refractivity contribution in [2.75, 3.05) is 11.5 Å². The summed E-state index contributed by atoms with van der Waals surface area (Å²) in [5.41, 5.74) is 0.167. The summed E-state index contributed by atoms with van der Waals surface area (Å²) in [7, 11) is -3.03. The van der Waals surface area contributed by atoms with Crippen molar-refractivity contribution in [3.63, 3.8) is 0 Å². The first-order chi connectivity index (χ1) is 10.8. The van der Waals surface area contributed by atoms with Crippen LogP contribution in [0.4, 0.5) is 8.78 Å². The Morgan fingerprint density at radius 1 is 1.26 bits per heavy atom. The first-order valence-electron chi connectivity index (χ1n) is 7.79. The number of benzene rings is 1. The lowest BCUT2D eigenvalue weighted by Gasteiger charge is -2.20. The van der Waals surface area contributed by atoms with Crippen LogP contribution in [0.2, 0.25) is 0 Å². The Bertz CT molecular complexity index is 716. The lowest BCUT2D eigenvalue weighted by molar-refractivity contribution is -0.122. The number of nitrogens with one attached hydrogen (secondary N) is 1. The van der Waals surface area contributed by atoms with Crippen molar-refractivity contribution in [1.29, 1.82) is 0 Å². The second kappa shape index (κ2) is 6.19. The van der Waals surface area contributed by atoms with Crippen LogP contribution in [0, 0.1) is 23.5 Å². The number of halogens is 2. The van der Waals surface area contributed by atoms with Crippen molar-refractivity contribution in [3.05, 3.63) is 35.4 Å². The van der Waals surface area contributed by atoms with Crippen LogP contribution in [0.5, 0.6) is 0 Å². The molecule has 0 radical (unpaired) electrons. The average molecular weight is 343 g/mol. The van der Waals surface area contributed by atoms with Crippen LogP contribution >= 0.6 is 0 Å².